The minimum Gasteiger partial charge on any atom is -0.477 e. The van der Waals surface area contributed by atoms with Crippen molar-refractivity contribution in [3.05, 3.63) is 46.6 Å². The topological polar surface area (TPSA) is 114 Å². The van der Waals surface area contributed by atoms with Crippen molar-refractivity contribution in [3.63, 3.8) is 0 Å². The van der Waals surface area contributed by atoms with Gasteiger partial charge in [-0.3, -0.25) is 4.79 Å². The summed E-state index contributed by atoms with van der Waals surface area (Å²) in [6.45, 7) is 1.95. The number of nitrogen functional groups attached to an aromatic ring is 1. The molecule has 0 spiro atoms. The molecule has 3 N–H and O–H groups in total. The van der Waals surface area contributed by atoms with Crippen LogP contribution in [0.2, 0.25) is 0 Å². The van der Waals surface area contributed by atoms with E-state index in [9.17, 15) is 27.9 Å². The number of hydrogen-bond acceptors (Lipinski definition) is 5. The molecule has 8 nitrogen and oxygen atoms in total. The number of nitrogens with two attached hydrogens (primary N) is 1. The van der Waals surface area contributed by atoms with Crippen molar-refractivity contribution in [2.75, 3.05) is 5.73 Å². The van der Waals surface area contributed by atoms with Crippen LogP contribution < -0.4 is 5.73 Å². The summed E-state index contributed by atoms with van der Waals surface area (Å²) in [4.78, 5) is 30.1. The minimum absolute atomic E-state index is 0.0818. The highest BCUT2D eigenvalue weighted by atomic mass is 19.4. The Labute approximate surface area is 179 Å². The number of aromatic carboxylic acids is 1. The van der Waals surface area contributed by atoms with Gasteiger partial charge in [-0.2, -0.15) is 13.2 Å². The molecule has 11 heteroatoms. The van der Waals surface area contributed by atoms with Crippen molar-refractivity contribution >= 4 is 23.3 Å². The molecule has 1 fully saturated rings. The monoisotopic (exact) mass is 445 g/mol. The first-order chi connectivity index (χ1) is 15.1. The van der Waals surface area contributed by atoms with Gasteiger partial charge in [0.2, 0.25) is 0 Å². The molecule has 1 amide bonds. The second kappa shape index (κ2) is 6.68. The molecule has 1 aromatic carbocycles. The van der Waals surface area contributed by atoms with Crippen LogP contribution in [-0.2, 0) is 12.7 Å². The third-order valence-electron chi connectivity index (χ3n) is 6.16. The highest BCUT2D eigenvalue weighted by Crippen LogP contribution is 2.43. The van der Waals surface area contributed by atoms with Gasteiger partial charge in [0.25, 0.3) is 5.91 Å². The average molecular weight is 445 g/mol. The van der Waals surface area contributed by atoms with Crippen LogP contribution in [0, 0.1) is 5.92 Å². The Bertz CT molecular complexity index is 1300. The number of halogens is 3. The number of fused-ring (bicyclic) bond motifs is 2. The van der Waals surface area contributed by atoms with Crippen molar-refractivity contribution in [1.29, 1.82) is 0 Å². The highest BCUT2D eigenvalue weighted by Gasteiger charge is 2.44. The zero-order valence-electron chi connectivity index (χ0n) is 16.8. The summed E-state index contributed by atoms with van der Waals surface area (Å²) < 4.78 is 43.0. The molecule has 1 aliphatic heterocycles. The number of amides is 1. The maximum Gasteiger partial charge on any atom is 0.417 e. The fourth-order valence-electron chi connectivity index (χ4n) is 4.32. The van der Waals surface area contributed by atoms with Gasteiger partial charge in [0.05, 0.1) is 16.8 Å². The van der Waals surface area contributed by atoms with Crippen molar-refractivity contribution in [2.45, 2.75) is 38.5 Å². The lowest BCUT2D eigenvalue weighted by molar-refractivity contribution is -0.137. The molecule has 0 radical (unpaired) electrons. The van der Waals surface area contributed by atoms with Crippen LogP contribution in [0.5, 0.6) is 0 Å². The molecular formula is C21H18F3N5O3. The smallest absolute Gasteiger partial charge is 0.417 e. The van der Waals surface area contributed by atoms with Crippen molar-refractivity contribution in [2.24, 2.45) is 5.92 Å². The normalized spacial score (nSPS) is 17.1. The molecule has 1 aliphatic carbocycles. The predicted octanol–water partition coefficient (Wildman–Crippen LogP) is 3.45. The Morgan fingerprint density at radius 3 is 2.66 bits per heavy atom. The first-order valence-corrected chi connectivity index (χ1v) is 10.00. The molecule has 5 rings (SSSR count). The summed E-state index contributed by atoms with van der Waals surface area (Å²) >= 11 is 0. The van der Waals surface area contributed by atoms with E-state index >= 15 is 0 Å². The van der Waals surface area contributed by atoms with Gasteiger partial charge < -0.3 is 15.7 Å². The van der Waals surface area contributed by atoms with Crippen molar-refractivity contribution in [3.8, 4) is 11.3 Å². The van der Waals surface area contributed by atoms with Gasteiger partial charge in [0, 0.05) is 24.3 Å². The Balaban J connectivity index is 1.66. The van der Waals surface area contributed by atoms with E-state index in [1.807, 2.05) is 6.92 Å². The predicted molar refractivity (Wildman–Crippen MR) is 107 cm³/mol. The van der Waals surface area contributed by atoms with E-state index < -0.39 is 23.6 Å². The summed E-state index contributed by atoms with van der Waals surface area (Å²) in [6, 6.07) is 3.69. The highest BCUT2D eigenvalue weighted by molar-refractivity contribution is 6.01. The summed E-state index contributed by atoms with van der Waals surface area (Å²) in [5, 5.41) is 13.3. The van der Waals surface area contributed by atoms with Crippen LogP contribution in [0.15, 0.2) is 24.4 Å². The standard InChI is InChI=1S/C21H18F3N5O3/c1-9(10-2-3-10)28-8-12-6-11(7-13(21(22,23)24)15(12)19(28)30)14-4-5-29-18(26-14)16(20(31)32)17(25)27-29/h4-7,9-10H,2-3,8H2,1H3,(H2,25,27)(H,31,32)/t9-/m0/s1. The quantitative estimate of drug-likeness (QED) is 0.636. The van der Waals surface area contributed by atoms with Crippen molar-refractivity contribution in [1.82, 2.24) is 19.5 Å². The summed E-state index contributed by atoms with van der Waals surface area (Å²) in [5.41, 5.74) is 4.41. The van der Waals surface area contributed by atoms with E-state index in [0.29, 0.717) is 5.92 Å². The van der Waals surface area contributed by atoms with Gasteiger partial charge in [-0.25, -0.2) is 14.3 Å². The minimum atomic E-state index is -4.74. The van der Waals surface area contributed by atoms with Crippen molar-refractivity contribution < 1.29 is 27.9 Å². The second-order valence-electron chi connectivity index (χ2n) is 8.21. The third-order valence-corrected chi connectivity index (χ3v) is 6.16. The lowest BCUT2D eigenvalue weighted by Gasteiger charge is -2.24. The lowest BCUT2D eigenvalue weighted by Crippen LogP contribution is -2.35. The van der Waals surface area contributed by atoms with Crippen LogP contribution in [0.1, 0.15) is 51.6 Å². The fourth-order valence-corrected chi connectivity index (χ4v) is 4.32. The van der Waals surface area contributed by atoms with E-state index in [1.54, 1.807) is 0 Å². The largest absolute Gasteiger partial charge is 0.477 e. The molecule has 0 bridgehead atoms. The van der Waals surface area contributed by atoms with Gasteiger partial charge in [0.1, 0.15) is 5.56 Å². The molecule has 2 aliphatic rings. The average Bonchev–Trinajstić information content (AvgIpc) is 3.44. The van der Waals surface area contributed by atoms with Crippen LogP contribution >= 0.6 is 0 Å². The van der Waals surface area contributed by atoms with Gasteiger partial charge in [0.15, 0.2) is 11.5 Å². The number of alkyl halides is 3. The van der Waals surface area contributed by atoms with Crippen LogP contribution in [0.25, 0.3) is 16.9 Å². The number of rotatable bonds is 4. The van der Waals surface area contributed by atoms with E-state index in [4.69, 9.17) is 5.73 Å². The van der Waals surface area contributed by atoms with E-state index in [-0.39, 0.29) is 52.0 Å². The third kappa shape index (κ3) is 3.07. The first-order valence-electron chi connectivity index (χ1n) is 10.00. The number of carbonyl (C=O) groups excluding carboxylic acids is 1. The van der Waals surface area contributed by atoms with Gasteiger partial charge >= 0.3 is 12.1 Å². The summed E-state index contributed by atoms with van der Waals surface area (Å²) in [7, 11) is 0. The summed E-state index contributed by atoms with van der Waals surface area (Å²) in [6.07, 6.45) is -1.44. The lowest BCUT2D eigenvalue weighted by atomic mass is 9.97. The number of aromatic nitrogens is 3. The zero-order chi connectivity index (χ0) is 22.9. The molecule has 0 saturated heterocycles. The maximum atomic E-state index is 13.9. The molecule has 0 unspecified atom stereocenters. The Morgan fingerprint density at radius 1 is 1.31 bits per heavy atom. The second-order valence-corrected chi connectivity index (χ2v) is 8.21. The number of carbonyl (C=O) groups is 2. The number of benzene rings is 1. The van der Waals surface area contributed by atoms with E-state index in [1.165, 1.54) is 23.2 Å². The number of carboxylic acids is 1. The maximum absolute atomic E-state index is 13.9. The van der Waals surface area contributed by atoms with Crippen LogP contribution in [-0.4, -0.2) is 42.5 Å². The molecule has 1 saturated carbocycles. The van der Waals surface area contributed by atoms with Crippen LogP contribution in [0.4, 0.5) is 19.0 Å². The van der Waals surface area contributed by atoms with Crippen LogP contribution in [0.3, 0.4) is 0 Å². The molecule has 3 aromatic rings. The summed E-state index contributed by atoms with van der Waals surface area (Å²) in [5.74, 6) is -1.89. The SMILES string of the molecule is C[C@@H](C1CC1)N1Cc2cc(-c3ccn4nc(N)c(C(=O)O)c4n3)cc(C(F)(F)F)c2C1=O. The fraction of sp³-hybridized carbons (Fsp3) is 0.333. The number of carboxylic acid groups (broad SMARTS) is 1. The van der Waals surface area contributed by atoms with Gasteiger partial charge in [-0.1, -0.05) is 0 Å². The zero-order valence-corrected chi connectivity index (χ0v) is 16.8. The van der Waals surface area contributed by atoms with E-state index in [0.717, 1.165) is 23.4 Å². The van der Waals surface area contributed by atoms with E-state index in [2.05, 4.69) is 10.1 Å². The molecule has 2 aromatic heterocycles. The number of nitrogens with zero attached hydrogens (tertiary/aromatic N) is 4. The first kappa shape index (κ1) is 20.3. The molecule has 3 heterocycles. The number of anilines is 1. The Hall–Kier alpha value is -3.63. The molecule has 1 atom stereocenters. The molecule has 166 valence electrons. The molecule has 32 heavy (non-hydrogen) atoms. The molecular weight excluding hydrogens is 427 g/mol. The van der Waals surface area contributed by atoms with Gasteiger partial charge in [-0.15, -0.1) is 5.10 Å². The Morgan fingerprint density at radius 2 is 2.03 bits per heavy atom. The van der Waals surface area contributed by atoms with Gasteiger partial charge in [-0.05, 0) is 49.4 Å². The Kier molecular flexibility index (Phi) is 4.24. The number of hydrogen-bond donors (Lipinski definition) is 2.